The van der Waals surface area contributed by atoms with Gasteiger partial charge in [0.05, 0.1) is 22.5 Å². The molecule has 13 heteroatoms. The van der Waals surface area contributed by atoms with Gasteiger partial charge in [-0.1, -0.05) is 17.7 Å². The largest absolute Gasteiger partial charge is 0.472 e. The highest BCUT2D eigenvalue weighted by atomic mass is 35.5. The van der Waals surface area contributed by atoms with Crippen LogP contribution in [0.4, 0.5) is 41.1 Å². The second-order valence-corrected chi connectivity index (χ2v) is 9.35. The molecule has 0 unspecified atom stereocenters. The van der Waals surface area contributed by atoms with Crippen LogP contribution in [-0.2, 0) is 12.8 Å². The summed E-state index contributed by atoms with van der Waals surface area (Å²) in [5.74, 6) is 1.68. The molecule has 0 aliphatic carbocycles. The molecule has 9 nitrogen and oxygen atoms in total. The normalized spacial score (nSPS) is 15.5. The van der Waals surface area contributed by atoms with Crippen molar-refractivity contribution in [2.75, 3.05) is 46.6 Å². The fraction of sp³-hybridized carbons (Fsp3) is 0.360. The molecule has 3 aromatic rings. The van der Waals surface area contributed by atoms with Crippen molar-refractivity contribution in [2.45, 2.75) is 32.0 Å². The SMILES string of the molecule is O=C(Nc1cc(C(F)(F)F)ccc1Cl)N1CCCNc2ncc(OCc3ccc(N4CCCC4)nc3)nc21. The van der Waals surface area contributed by atoms with Crippen LogP contribution in [0.3, 0.4) is 0 Å². The van der Waals surface area contributed by atoms with Crippen LogP contribution in [0.5, 0.6) is 5.88 Å². The van der Waals surface area contributed by atoms with Gasteiger partial charge in [-0.25, -0.2) is 14.8 Å². The number of nitrogens with zero attached hydrogens (tertiary/aromatic N) is 5. The van der Waals surface area contributed by atoms with Gasteiger partial charge in [-0.15, -0.1) is 0 Å². The Labute approximate surface area is 222 Å². The number of fused-ring (bicyclic) bond motifs is 1. The van der Waals surface area contributed by atoms with E-state index in [-0.39, 0.29) is 35.6 Å². The smallest absolute Gasteiger partial charge is 0.416 e. The first-order chi connectivity index (χ1) is 18.3. The lowest BCUT2D eigenvalue weighted by atomic mass is 10.2. The molecule has 0 atom stereocenters. The van der Waals surface area contributed by atoms with Crippen molar-refractivity contribution in [3.8, 4) is 5.88 Å². The van der Waals surface area contributed by atoms with Crippen LogP contribution in [0.1, 0.15) is 30.4 Å². The topological polar surface area (TPSA) is 95.5 Å². The minimum Gasteiger partial charge on any atom is -0.472 e. The van der Waals surface area contributed by atoms with Crippen LogP contribution >= 0.6 is 11.6 Å². The lowest BCUT2D eigenvalue weighted by Gasteiger charge is -2.22. The summed E-state index contributed by atoms with van der Waals surface area (Å²) >= 11 is 6.06. The van der Waals surface area contributed by atoms with E-state index in [0.717, 1.165) is 42.7 Å². The number of amides is 2. The van der Waals surface area contributed by atoms with E-state index in [1.807, 2.05) is 12.1 Å². The molecular formula is C25H25ClF3N7O2. The van der Waals surface area contributed by atoms with E-state index < -0.39 is 17.8 Å². The van der Waals surface area contributed by atoms with Gasteiger partial charge in [0, 0.05) is 37.9 Å². The van der Waals surface area contributed by atoms with E-state index in [1.54, 1.807) is 6.20 Å². The Balaban J connectivity index is 1.31. The summed E-state index contributed by atoms with van der Waals surface area (Å²) < 4.78 is 45.3. The van der Waals surface area contributed by atoms with E-state index in [9.17, 15) is 18.0 Å². The predicted molar refractivity (Wildman–Crippen MR) is 138 cm³/mol. The number of benzene rings is 1. The van der Waals surface area contributed by atoms with Gasteiger partial charge >= 0.3 is 12.2 Å². The number of ether oxygens (including phenoxy) is 1. The molecule has 2 aromatic heterocycles. The summed E-state index contributed by atoms with van der Waals surface area (Å²) in [7, 11) is 0. The van der Waals surface area contributed by atoms with Crippen LogP contribution in [0, 0.1) is 0 Å². The van der Waals surface area contributed by atoms with Crippen molar-refractivity contribution in [1.82, 2.24) is 15.0 Å². The number of aromatic nitrogens is 3. The van der Waals surface area contributed by atoms with E-state index in [2.05, 4.69) is 30.5 Å². The summed E-state index contributed by atoms with van der Waals surface area (Å²) in [6.07, 6.45) is 1.52. The zero-order valence-electron chi connectivity index (χ0n) is 20.3. The summed E-state index contributed by atoms with van der Waals surface area (Å²) in [4.78, 5) is 30.0. The minimum atomic E-state index is -4.58. The third-order valence-corrected chi connectivity index (χ3v) is 6.57. The maximum absolute atomic E-state index is 13.2. The Bertz CT molecular complexity index is 1300. The minimum absolute atomic E-state index is 0.0213. The van der Waals surface area contributed by atoms with Gasteiger partial charge < -0.3 is 20.3 Å². The number of rotatable bonds is 5. The number of carbonyl (C=O) groups excluding carboxylic acids is 1. The maximum Gasteiger partial charge on any atom is 0.416 e. The molecular weight excluding hydrogens is 523 g/mol. The molecule has 1 saturated heterocycles. The number of carbonyl (C=O) groups is 1. The Morgan fingerprint density at radius 3 is 2.63 bits per heavy atom. The van der Waals surface area contributed by atoms with E-state index in [4.69, 9.17) is 16.3 Å². The standard InChI is InChI=1S/C25H25ClF3N7O2/c26-18-6-5-17(25(27,28)29)12-19(18)33-24(37)36-11-3-8-30-22-23(36)34-21(14-32-22)38-15-16-4-7-20(31-13-16)35-9-1-2-10-35/h4-7,12-14H,1-3,8-11,15H2,(H,30,32)(H,33,37). The molecule has 38 heavy (non-hydrogen) atoms. The molecule has 4 heterocycles. The quantitative estimate of drug-likeness (QED) is 0.431. The zero-order chi connectivity index (χ0) is 26.7. The number of hydrogen-bond donors (Lipinski definition) is 2. The molecule has 2 aliphatic rings. The monoisotopic (exact) mass is 547 g/mol. The summed E-state index contributed by atoms with van der Waals surface area (Å²) in [6, 6.07) is 5.96. The van der Waals surface area contributed by atoms with Gasteiger partial charge in [-0.05, 0) is 43.5 Å². The fourth-order valence-electron chi connectivity index (χ4n) is 4.27. The lowest BCUT2D eigenvalue weighted by molar-refractivity contribution is -0.137. The van der Waals surface area contributed by atoms with Crippen molar-refractivity contribution in [3.63, 3.8) is 0 Å². The van der Waals surface area contributed by atoms with Gasteiger partial charge in [0.25, 0.3) is 0 Å². The Morgan fingerprint density at radius 2 is 1.89 bits per heavy atom. The molecule has 5 rings (SSSR count). The predicted octanol–water partition coefficient (Wildman–Crippen LogP) is 5.58. The zero-order valence-corrected chi connectivity index (χ0v) is 21.0. The van der Waals surface area contributed by atoms with Gasteiger partial charge in [0.2, 0.25) is 5.88 Å². The first kappa shape index (κ1) is 25.8. The molecule has 1 fully saturated rings. The first-order valence-corrected chi connectivity index (χ1v) is 12.5. The highest BCUT2D eigenvalue weighted by Crippen LogP contribution is 2.34. The Hall–Kier alpha value is -3.80. The van der Waals surface area contributed by atoms with Crippen LogP contribution in [0.25, 0.3) is 0 Å². The van der Waals surface area contributed by atoms with Crippen molar-refractivity contribution in [2.24, 2.45) is 0 Å². The highest BCUT2D eigenvalue weighted by Gasteiger charge is 2.32. The second kappa shape index (κ2) is 10.9. The van der Waals surface area contributed by atoms with Crippen molar-refractivity contribution in [1.29, 1.82) is 0 Å². The number of pyridine rings is 1. The van der Waals surface area contributed by atoms with E-state index in [0.29, 0.717) is 18.8 Å². The Morgan fingerprint density at radius 1 is 1.08 bits per heavy atom. The van der Waals surface area contributed by atoms with E-state index in [1.165, 1.54) is 23.9 Å². The van der Waals surface area contributed by atoms with Gasteiger partial charge in [0.1, 0.15) is 12.4 Å². The number of halogens is 4. The average Bonchev–Trinajstić information content (AvgIpc) is 3.35. The van der Waals surface area contributed by atoms with Gasteiger partial charge in [-0.2, -0.15) is 18.2 Å². The van der Waals surface area contributed by atoms with Crippen LogP contribution in [0.2, 0.25) is 5.02 Å². The maximum atomic E-state index is 13.2. The van der Waals surface area contributed by atoms with Crippen LogP contribution in [0.15, 0.2) is 42.7 Å². The molecule has 200 valence electrons. The van der Waals surface area contributed by atoms with Crippen molar-refractivity contribution >= 4 is 40.8 Å². The van der Waals surface area contributed by atoms with Crippen LogP contribution < -0.4 is 25.2 Å². The summed E-state index contributed by atoms with van der Waals surface area (Å²) in [5.41, 5.74) is -0.236. The molecule has 0 radical (unpaired) electrons. The number of nitrogens with one attached hydrogen (secondary N) is 2. The van der Waals surface area contributed by atoms with Crippen molar-refractivity contribution < 1.29 is 22.7 Å². The molecule has 0 saturated carbocycles. The molecule has 2 aliphatic heterocycles. The number of alkyl halides is 3. The molecule has 1 aromatic carbocycles. The van der Waals surface area contributed by atoms with Gasteiger partial charge in [-0.3, -0.25) is 4.90 Å². The second-order valence-electron chi connectivity index (χ2n) is 8.94. The first-order valence-electron chi connectivity index (χ1n) is 12.2. The number of anilines is 4. The van der Waals surface area contributed by atoms with Crippen LogP contribution in [-0.4, -0.2) is 47.2 Å². The molecule has 2 amide bonds. The highest BCUT2D eigenvalue weighted by molar-refractivity contribution is 6.33. The molecule has 0 spiro atoms. The van der Waals surface area contributed by atoms with Crippen molar-refractivity contribution in [3.05, 3.63) is 58.9 Å². The Kier molecular flexibility index (Phi) is 7.41. The molecule has 2 N–H and O–H groups in total. The third-order valence-electron chi connectivity index (χ3n) is 6.24. The summed E-state index contributed by atoms with van der Waals surface area (Å²) in [6.45, 7) is 2.99. The third kappa shape index (κ3) is 5.85. The number of urea groups is 1. The molecule has 0 bridgehead atoms. The lowest BCUT2D eigenvalue weighted by Crippen LogP contribution is -2.36. The average molecular weight is 548 g/mol. The van der Waals surface area contributed by atoms with E-state index >= 15 is 0 Å². The number of hydrogen-bond acceptors (Lipinski definition) is 7. The summed E-state index contributed by atoms with van der Waals surface area (Å²) in [5, 5.41) is 5.56. The van der Waals surface area contributed by atoms with Gasteiger partial charge in [0.15, 0.2) is 11.6 Å². The fourth-order valence-corrected chi connectivity index (χ4v) is 4.43.